The van der Waals surface area contributed by atoms with Gasteiger partial charge in [-0.2, -0.15) is 0 Å². The number of nitrogens with one attached hydrogen (secondary N) is 1. The highest BCUT2D eigenvalue weighted by molar-refractivity contribution is 5.76. The van der Waals surface area contributed by atoms with E-state index in [0.29, 0.717) is 19.6 Å². The third-order valence-electron chi connectivity index (χ3n) is 3.31. The Labute approximate surface area is 105 Å². The van der Waals surface area contributed by atoms with Crippen LogP contribution in [0.5, 0.6) is 0 Å². The van der Waals surface area contributed by atoms with E-state index in [1.54, 1.807) is 0 Å². The van der Waals surface area contributed by atoms with E-state index in [2.05, 4.69) is 12.2 Å². The molecular weight excluding hydrogens is 216 g/mol. The minimum Gasteiger partial charge on any atom is -0.381 e. The zero-order valence-corrected chi connectivity index (χ0v) is 11.2. The van der Waals surface area contributed by atoms with Gasteiger partial charge in [0.1, 0.15) is 0 Å². The summed E-state index contributed by atoms with van der Waals surface area (Å²) in [5.41, 5.74) is 0. The van der Waals surface area contributed by atoms with Gasteiger partial charge in [0.25, 0.3) is 0 Å². The number of hydrogen-bond donors (Lipinski definition) is 1. The fourth-order valence-electron chi connectivity index (χ4n) is 2.20. The van der Waals surface area contributed by atoms with Crippen molar-refractivity contribution in [1.82, 2.24) is 10.2 Å². The molecule has 0 aromatic heterocycles. The van der Waals surface area contributed by atoms with Crippen LogP contribution in [0.3, 0.4) is 0 Å². The number of amides is 1. The van der Waals surface area contributed by atoms with E-state index in [1.807, 2.05) is 11.8 Å². The van der Waals surface area contributed by atoms with Gasteiger partial charge in [-0.1, -0.05) is 6.92 Å². The summed E-state index contributed by atoms with van der Waals surface area (Å²) in [6, 6.07) is 0. The van der Waals surface area contributed by atoms with Crippen LogP contribution in [0.25, 0.3) is 0 Å². The van der Waals surface area contributed by atoms with Gasteiger partial charge in [-0.05, 0) is 38.8 Å². The smallest absolute Gasteiger partial charge is 0.224 e. The van der Waals surface area contributed by atoms with Crippen molar-refractivity contribution in [2.24, 2.45) is 5.92 Å². The Bertz CT molecular complexity index is 213. The molecule has 1 aliphatic rings. The van der Waals surface area contributed by atoms with E-state index in [0.717, 1.165) is 44.9 Å². The highest BCUT2D eigenvalue weighted by Crippen LogP contribution is 2.16. The third-order valence-corrected chi connectivity index (χ3v) is 3.31. The molecule has 0 bridgehead atoms. The van der Waals surface area contributed by atoms with Gasteiger partial charge in [-0.25, -0.2) is 0 Å². The van der Waals surface area contributed by atoms with E-state index in [9.17, 15) is 4.79 Å². The molecule has 1 fully saturated rings. The van der Waals surface area contributed by atoms with Gasteiger partial charge in [0.2, 0.25) is 5.91 Å². The topological polar surface area (TPSA) is 41.6 Å². The number of hydrogen-bond acceptors (Lipinski definition) is 3. The van der Waals surface area contributed by atoms with Crippen LogP contribution in [-0.2, 0) is 9.53 Å². The van der Waals surface area contributed by atoms with E-state index in [-0.39, 0.29) is 5.91 Å². The number of rotatable bonds is 7. The predicted octanol–water partition coefficient (Wildman–Crippen LogP) is 1.26. The molecule has 0 aliphatic carbocycles. The Morgan fingerprint density at radius 1 is 1.35 bits per heavy atom. The number of carbonyl (C=O) groups excluding carboxylic acids is 1. The van der Waals surface area contributed by atoms with Crippen molar-refractivity contribution in [1.29, 1.82) is 0 Å². The van der Waals surface area contributed by atoms with Crippen LogP contribution in [0.2, 0.25) is 0 Å². The first-order valence-corrected chi connectivity index (χ1v) is 6.84. The second-order valence-corrected chi connectivity index (χ2v) is 4.58. The first-order chi connectivity index (χ1) is 8.27. The second-order valence-electron chi connectivity index (χ2n) is 4.58. The maximum absolute atomic E-state index is 11.8. The van der Waals surface area contributed by atoms with Gasteiger partial charge >= 0.3 is 0 Å². The van der Waals surface area contributed by atoms with Gasteiger partial charge in [0, 0.05) is 19.7 Å². The molecule has 0 aromatic carbocycles. The molecule has 1 aliphatic heterocycles. The minimum absolute atomic E-state index is 0.250. The molecule has 1 N–H and O–H groups in total. The van der Waals surface area contributed by atoms with Gasteiger partial charge in [0.05, 0.1) is 13.0 Å². The number of likely N-dealkylation sites (tertiary alicyclic amines) is 1. The van der Waals surface area contributed by atoms with Crippen LogP contribution in [-0.4, -0.2) is 50.2 Å². The molecular formula is C13H26N2O2. The summed E-state index contributed by atoms with van der Waals surface area (Å²) in [7, 11) is 0. The Morgan fingerprint density at radius 3 is 2.65 bits per heavy atom. The van der Waals surface area contributed by atoms with Crippen molar-refractivity contribution in [3.8, 4) is 0 Å². The first kappa shape index (κ1) is 14.5. The molecule has 1 saturated heterocycles. The standard InChI is InChI=1S/C13H26N2O2/c1-3-14-11-12-5-8-15(9-6-12)13(16)7-10-17-4-2/h12,14H,3-11H2,1-2H3. The van der Waals surface area contributed by atoms with Crippen LogP contribution in [0.1, 0.15) is 33.1 Å². The van der Waals surface area contributed by atoms with E-state index < -0.39 is 0 Å². The highest BCUT2D eigenvalue weighted by Gasteiger charge is 2.21. The molecule has 0 atom stereocenters. The van der Waals surface area contributed by atoms with Crippen molar-refractivity contribution in [2.75, 3.05) is 39.4 Å². The Kier molecular flexibility index (Phi) is 7.21. The maximum atomic E-state index is 11.8. The third kappa shape index (κ3) is 5.50. The number of carbonyl (C=O) groups is 1. The average molecular weight is 242 g/mol. The van der Waals surface area contributed by atoms with Crippen molar-refractivity contribution in [3.05, 3.63) is 0 Å². The van der Waals surface area contributed by atoms with Crippen LogP contribution in [0, 0.1) is 5.92 Å². The van der Waals surface area contributed by atoms with Crippen LogP contribution >= 0.6 is 0 Å². The molecule has 4 nitrogen and oxygen atoms in total. The normalized spacial score (nSPS) is 17.4. The van der Waals surface area contributed by atoms with Crippen molar-refractivity contribution in [2.45, 2.75) is 33.1 Å². The molecule has 17 heavy (non-hydrogen) atoms. The summed E-state index contributed by atoms with van der Waals surface area (Å²) in [4.78, 5) is 13.8. The maximum Gasteiger partial charge on any atom is 0.224 e. The highest BCUT2D eigenvalue weighted by atomic mass is 16.5. The SMILES string of the molecule is CCNCC1CCN(C(=O)CCOCC)CC1. The lowest BCUT2D eigenvalue weighted by Crippen LogP contribution is -2.41. The summed E-state index contributed by atoms with van der Waals surface area (Å²) in [5, 5.41) is 3.38. The zero-order valence-electron chi connectivity index (χ0n) is 11.2. The molecule has 100 valence electrons. The fourth-order valence-corrected chi connectivity index (χ4v) is 2.20. The first-order valence-electron chi connectivity index (χ1n) is 6.84. The van der Waals surface area contributed by atoms with Gasteiger partial charge in [-0.15, -0.1) is 0 Å². The Balaban J connectivity index is 2.15. The van der Waals surface area contributed by atoms with Crippen LogP contribution < -0.4 is 5.32 Å². The number of ether oxygens (including phenoxy) is 1. The summed E-state index contributed by atoms with van der Waals surface area (Å²) in [5.74, 6) is 0.992. The molecule has 1 heterocycles. The van der Waals surface area contributed by atoms with Gasteiger partial charge in [0.15, 0.2) is 0 Å². The van der Waals surface area contributed by atoms with Crippen molar-refractivity contribution in [3.63, 3.8) is 0 Å². The Morgan fingerprint density at radius 2 is 2.06 bits per heavy atom. The monoisotopic (exact) mass is 242 g/mol. The molecule has 4 heteroatoms. The average Bonchev–Trinajstić information content (AvgIpc) is 2.37. The molecule has 0 aromatic rings. The molecule has 0 radical (unpaired) electrons. The summed E-state index contributed by atoms with van der Waals surface area (Å²) in [6.07, 6.45) is 2.80. The fraction of sp³-hybridized carbons (Fsp3) is 0.923. The molecule has 1 rings (SSSR count). The van der Waals surface area contributed by atoms with Crippen molar-refractivity contribution < 1.29 is 9.53 Å². The Hall–Kier alpha value is -0.610. The van der Waals surface area contributed by atoms with Gasteiger partial charge < -0.3 is 15.0 Å². The zero-order chi connectivity index (χ0) is 12.5. The molecule has 0 saturated carbocycles. The molecule has 0 unspecified atom stereocenters. The van der Waals surface area contributed by atoms with E-state index in [4.69, 9.17) is 4.74 Å². The minimum atomic E-state index is 0.250. The summed E-state index contributed by atoms with van der Waals surface area (Å²) >= 11 is 0. The quantitative estimate of drug-likeness (QED) is 0.683. The largest absolute Gasteiger partial charge is 0.381 e. The lowest BCUT2D eigenvalue weighted by molar-refractivity contribution is -0.133. The summed E-state index contributed by atoms with van der Waals surface area (Å²) in [6.45, 7) is 9.31. The number of piperidine rings is 1. The van der Waals surface area contributed by atoms with E-state index >= 15 is 0 Å². The summed E-state index contributed by atoms with van der Waals surface area (Å²) < 4.78 is 5.21. The van der Waals surface area contributed by atoms with Crippen LogP contribution in [0.4, 0.5) is 0 Å². The molecule has 0 spiro atoms. The lowest BCUT2D eigenvalue weighted by atomic mass is 9.96. The second kappa shape index (κ2) is 8.48. The van der Waals surface area contributed by atoms with E-state index in [1.165, 1.54) is 0 Å². The lowest BCUT2D eigenvalue weighted by Gasteiger charge is -2.32. The predicted molar refractivity (Wildman–Crippen MR) is 69.0 cm³/mol. The van der Waals surface area contributed by atoms with Crippen LogP contribution in [0.15, 0.2) is 0 Å². The van der Waals surface area contributed by atoms with Gasteiger partial charge in [-0.3, -0.25) is 4.79 Å². The molecule has 1 amide bonds. The number of nitrogens with zero attached hydrogens (tertiary/aromatic N) is 1. The van der Waals surface area contributed by atoms with Crippen molar-refractivity contribution >= 4 is 5.91 Å².